The molecule has 1 rings (SSSR count). The number of pyridine rings is 1. The quantitative estimate of drug-likeness (QED) is 0.739. The summed E-state index contributed by atoms with van der Waals surface area (Å²) in [6, 6.07) is 3.69. The number of nitrogens with two attached hydrogens (primary N) is 1. The van der Waals surface area contributed by atoms with Crippen molar-refractivity contribution in [1.29, 1.82) is 0 Å². The number of rotatable bonds is 7. The van der Waals surface area contributed by atoms with Gasteiger partial charge in [-0.05, 0) is 32.4 Å². The van der Waals surface area contributed by atoms with Gasteiger partial charge < -0.3 is 15.8 Å². The van der Waals surface area contributed by atoms with E-state index in [1.165, 1.54) is 0 Å². The molecule has 1 amide bonds. The van der Waals surface area contributed by atoms with Crippen LogP contribution in [-0.4, -0.2) is 29.6 Å². The van der Waals surface area contributed by atoms with E-state index < -0.39 is 6.10 Å². The third-order valence-electron chi connectivity index (χ3n) is 3.09. The van der Waals surface area contributed by atoms with Crippen molar-refractivity contribution in [2.75, 3.05) is 6.54 Å². The summed E-state index contributed by atoms with van der Waals surface area (Å²) < 4.78 is 5.71. The van der Waals surface area contributed by atoms with Crippen molar-refractivity contribution in [1.82, 2.24) is 10.3 Å². The molecule has 21 heavy (non-hydrogen) atoms. The predicted octanol–water partition coefficient (Wildman–Crippen LogP) is 1.19. The average Bonchev–Trinajstić information content (AvgIpc) is 2.47. The minimum Gasteiger partial charge on any atom is -0.479 e. The van der Waals surface area contributed by atoms with E-state index >= 15 is 0 Å². The number of terminal acetylenes is 1. The summed E-state index contributed by atoms with van der Waals surface area (Å²) in [6.07, 6.45) is 5.94. The van der Waals surface area contributed by atoms with E-state index in [1.807, 2.05) is 26.0 Å². The van der Waals surface area contributed by atoms with Crippen LogP contribution in [0.4, 0.5) is 0 Å². The predicted molar refractivity (Wildman–Crippen MR) is 82.9 cm³/mol. The lowest BCUT2D eigenvalue weighted by atomic mass is 10.1. The van der Waals surface area contributed by atoms with Crippen molar-refractivity contribution >= 4 is 5.91 Å². The van der Waals surface area contributed by atoms with Gasteiger partial charge in [0.05, 0.1) is 12.2 Å². The van der Waals surface area contributed by atoms with Crippen LogP contribution in [0.5, 0.6) is 5.75 Å². The van der Waals surface area contributed by atoms with Gasteiger partial charge in [-0.3, -0.25) is 9.78 Å². The zero-order valence-electron chi connectivity index (χ0n) is 12.8. The number of aromatic nitrogens is 1. The van der Waals surface area contributed by atoms with E-state index in [2.05, 4.69) is 16.2 Å². The second kappa shape index (κ2) is 8.28. The number of carbonyl (C=O) groups excluding carboxylic acids is 1. The summed E-state index contributed by atoms with van der Waals surface area (Å²) in [5.74, 6) is 2.69. The lowest BCUT2D eigenvalue weighted by Crippen LogP contribution is -2.36. The molecule has 5 nitrogen and oxygen atoms in total. The number of nitrogens with zero attached hydrogens (tertiary/aromatic N) is 1. The van der Waals surface area contributed by atoms with Crippen molar-refractivity contribution in [3.05, 3.63) is 23.5 Å². The maximum atomic E-state index is 11.8. The van der Waals surface area contributed by atoms with E-state index in [-0.39, 0.29) is 18.5 Å². The molecule has 0 aliphatic carbocycles. The van der Waals surface area contributed by atoms with Crippen LogP contribution in [-0.2, 0) is 11.2 Å². The monoisotopic (exact) mass is 289 g/mol. The molecule has 0 radical (unpaired) electrons. The Labute approximate surface area is 126 Å². The molecule has 0 fully saturated rings. The first-order valence-electron chi connectivity index (χ1n) is 7.07. The highest BCUT2D eigenvalue weighted by molar-refractivity contribution is 5.80. The third kappa shape index (κ3) is 5.44. The topological polar surface area (TPSA) is 77.2 Å². The van der Waals surface area contributed by atoms with Gasteiger partial charge in [-0.25, -0.2) is 0 Å². The largest absolute Gasteiger partial charge is 0.479 e. The summed E-state index contributed by atoms with van der Waals surface area (Å²) in [7, 11) is 0. The Balaban J connectivity index is 2.82. The number of amides is 1. The molecule has 114 valence electrons. The van der Waals surface area contributed by atoms with Crippen molar-refractivity contribution < 1.29 is 9.53 Å². The van der Waals surface area contributed by atoms with Gasteiger partial charge in [0.2, 0.25) is 0 Å². The first-order valence-corrected chi connectivity index (χ1v) is 7.07. The Hall–Kier alpha value is -2.06. The summed E-state index contributed by atoms with van der Waals surface area (Å²) in [5, 5.41) is 2.59. The van der Waals surface area contributed by atoms with Crippen LogP contribution in [0, 0.1) is 19.3 Å². The lowest BCUT2D eigenvalue weighted by molar-refractivity contribution is -0.127. The molecule has 2 atom stereocenters. The Morgan fingerprint density at radius 2 is 2.29 bits per heavy atom. The molecular weight excluding hydrogens is 266 g/mol. The molecular formula is C16H23N3O2. The Kier molecular flexibility index (Phi) is 6.70. The second-order valence-electron chi connectivity index (χ2n) is 4.95. The molecule has 0 spiro atoms. The highest BCUT2D eigenvalue weighted by Crippen LogP contribution is 2.20. The smallest absolute Gasteiger partial charge is 0.261 e. The van der Waals surface area contributed by atoms with Crippen LogP contribution in [0.15, 0.2) is 12.1 Å². The minimum atomic E-state index is -0.639. The van der Waals surface area contributed by atoms with Gasteiger partial charge in [0.1, 0.15) is 5.75 Å². The number of ether oxygens (including phenoxy) is 1. The third-order valence-corrected chi connectivity index (χ3v) is 3.09. The molecule has 5 heteroatoms. The fraction of sp³-hybridized carbons (Fsp3) is 0.500. The van der Waals surface area contributed by atoms with Gasteiger partial charge in [0, 0.05) is 18.2 Å². The molecule has 1 aromatic rings. The van der Waals surface area contributed by atoms with Crippen LogP contribution in [0.1, 0.15) is 31.7 Å². The number of hydrogen-bond acceptors (Lipinski definition) is 4. The fourth-order valence-electron chi connectivity index (χ4n) is 1.77. The van der Waals surface area contributed by atoms with Gasteiger partial charge in [-0.1, -0.05) is 12.8 Å². The van der Waals surface area contributed by atoms with E-state index in [0.717, 1.165) is 17.8 Å². The first-order chi connectivity index (χ1) is 9.97. The van der Waals surface area contributed by atoms with Crippen LogP contribution in [0.2, 0.25) is 0 Å². The Morgan fingerprint density at radius 3 is 2.90 bits per heavy atom. The number of nitrogens with one attached hydrogen (secondary N) is 1. The lowest BCUT2D eigenvalue weighted by Gasteiger charge is -2.18. The molecule has 1 heterocycles. The Morgan fingerprint density at radius 1 is 1.57 bits per heavy atom. The van der Waals surface area contributed by atoms with E-state index in [9.17, 15) is 4.79 Å². The van der Waals surface area contributed by atoms with E-state index in [4.69, 9.17) is 16.9 Å². The zero-order chi connectivity index (χ0) is 15.8. The normalized spacial score (nSPS) is 13.1. The molecule has 3 N–H and O–H groups in total. The van der Waals surface area contributed by atoms with Gasteiger partial charge in [-0.2, -0.15) is 0 Å². The van der Waals surface area contributed by atoms with Crippen molar-refractivity contribution in [2.24, 2.45) is 5.73 Å². The summed E-state index contributed by atoms with van der Waals surface area (Å²) in [4.78, 5) is 16.3. The molecule has 0 saturated heterocycles. The second-order valence-corrected chi connectivity index (χ2v) is 4.95. The van der Waals surface area contributed by atoms with Gasteiger partial charge in [-0.15, -0.1) is 6.42 Å². The maximum absolute atomic E-state index is 11.8. The standard InChI is InChI=1S/C16H23N3O2/c1-5-9-18-16(20)12(4)21-15-8-7-11(3)19-14(15)10-13(17)6-2/h1,7-8,12-13H,6,9-10,17H2,2-4H3,(H,18,20). The molecule has 1 aromatic heterocycles. The van der Waals surface area contributed by atoms with E-state index in [1.54, 1.807) is 6.92 Å². The van der Waals surface area contributed by atoms with Crippen LogP contribution in [0.25, 0.3) is 0 Å². The molecule has 0 saturated carbocycles. The number of aryl methyl sites for hydroxylation is 1. The average molecular weight is 289 g/mol. The molecule has 0 aliphatic heterocycles. The highest BCUT2D eigenvalue weighted by atomic mass is 16.5. The number of carbonyl (C=O) groups is 1. The summed E-state index contributed by atoms with van der Waals surface area (Å²) in [5.41, 5.74) is 7.66. The SMILES string of the molecule is C#CCNC(=O)C(C)Oc1ccc(C)nc1CC(N)CC. The zero-order valence-corrected chi connectivity index (χ0v) is 12.8. The summed E-state index contributed by atoms with van der Waals surface area (Å²) >= 11 is 0. The molecule has 0 bridgehead atoms. The van der Waals surface area contributed by atoms with Gasteiger partial charge in [0.15, 0.2) is 6.10 Å². The Bertz CT molecular complexity index is 523. The van der Waals surface area contributed by atoms with Gasteiger partial charge >= 0.3 is 0 Å². The maximum Gasteiger partial charge on any atom is 0.261 e. The summed E-state index contributed by atoms with van der Waals surface area (Å²) in [6.45, 7) is 5.80. The first kappa shape index (κ1) is 17.0. The van der Waals surface area contributed by atoms with Crippen LogP contribution < -0.4 is 15.8 Å². The highest BCUT2D eigenvalue weighted by Gasteiger charge is 2.17. The number of hydrogen-bond donors (Lipinski definition) is 2. The van der Waals surface area contributed by atoms with E-state index in [0.29, 0.717) is 12.2 Å². The van der Waals surface area contributed by atoms with Crippen LogP contribution >= 0.6 is 0 Å². The fourth-order valence-corrected chi connectivity index (χ4v) is 1.77. The minimum absolute atomic E-state index is 0.0206. The van der Waals surface area contributed by atoms with Crippen molar-refractivity contribution in [3.8, 4) is 18.1 Å². The molecule has 0 aromatic carbocycles. The van der Waals surface area contributed by atoms with Crippen molar-refractivity contribution in [3.63, 3.8) is 0 Å². The van der Waals surface area contributed by atoms with Crippen molar-refractivity contribution in [2.45, 2.75) is 45.8 Å². The molecule has 0 aliphatic rings. The molecule has 2 unspecified atom stereocenters. The van der Waals surface area contributed by atoms with Gasteiger partial charge in [0.25, 0.3) is 5.91 Å². The van der Waals surface area contributed by atoms with Crippen LogP contribution in [0.3, 0.4) is 0 Å².